The average molecular weight is 165 g/mol. The molecular formula is C3H6ClNaO2S. The molecule has 0 saturated carbocycles. The summed E-state index contributed by atoms with van der Waals surface area (Å²) in [5.41, 5.74) is 0. The van der Waals surface area contributed by atoms with Crippen LogP contribution in [0.15, 0.2) is 0 Å². The van der Waals surface area contributed by atoms with Crippen molar-refractivity contribution in [3.05, 3.63) is 0 Å². The molecule has 0 saturated heterocycles. The molecule has 0 rings (SSSR count). The van der Waals surface area contributed by atoms with Gasteiger partial charge in [0.05, 0.1) is 0 Å². The number of carboxylic acid groups (broad SMARTS) is 1. The summed E-state index contributed by atoms with van der Waals surface area (Å²) in [6.45, 7) is 0. The van der Waals surface area contributed by atoms with Gasteiger partial charge >= 0.3 is 35.5 Å². The van der Waals surface area contributed by atoms with Gasteiger partial charge in [0.2, 0.25) is 0 Å². The van der Waals surface area contributed by atoms with Gasteiger partial charge in [-0.1, -0.05) is 0 Å². The monoisotopic (exact) mass is 164 g/mol. The van der Waals surface area contributed by atoms with Gasteiger partial charge < -0.3 is 5.11 Å². The molecule has 0 aliphatic heterocycles. The van der Waals surface area contributed by atoms with Gasteiger partial charge in [-0.2, -0.15) is 12.6 Å². The third-order valence-electron chi connectivity index (χ3n) is 0.431. The quantitative estimate of drug-likeness (QED) is 0.342. The summed E-state index contributed by atoms with van der Waals surface area (Å²) in [5.74, 6) is -0.920. The van der Waals surface area contributed by atoms with Crippen LogP contribution in [0.25, 0.3) is 0 Å². The molecule has 2 nitrogen and oxygen atoms in total. The van der Waals surface area contributed by atoms with Crippen LogP contribution in [-0.2, 0) is 4.79 Å². The standard InChI is InChI=1S/C3H5ClO2S.Na.H/c4-1-2(7)3(5)6;;/h2,7H,1H2,(H,5,6);;. The van der Waals surface area contributed by atoms with Crippen LogP contribution in [0.4, 0.5) is 0 Å². The number of thiol groups is 1. The predicted molar refractivity (Wildman–Crippen MR) is 38.3 cm³/mol. The maximum absolute atomic E-state index is 9.77. The molecule has 0 aromatic heterocycles. The van der Waals surface area contributed by atoms with E-state index in [9.17, 15) is 4.79 Å². The van der Waals surface area contributed by atoms with Gasteiger partial charge in [0.25, 0.3) is 0 Å². The zero-order chi connectivity index (χ0) is 5.86. The Hall–Kier alpha value is 1.11. The van der Waals surface area contributed by atoms with Gasteiger partial charge in [-0.15, -0.1) is 11.6 Å². The summed E-state index contributed by atoms with van der Waals surface area (Å²) >= 11 is 8.68. The molecule has 0 aromatic carbocycles. The van der Waals surface area contributed by atoms with Crippen LogP contribution in [0.5, 0.6) is 0 Å². The number of alkyl halides is 1. The van der Waals surface area contributed by atoms with Gasteiger partial charge in [0.1, 0.15) is 5.25 Å². The summed E-state index contributed by atoms with van der Waals surface area (Å²) in [7, 11) is 0. The number of aliphatic carboxylic acids is 1. The van der Waals surface area contributed by atoms with E-state index in [1.807, 2.05) is 0 Å². The van der Waals surface area contributed by atoms with Crippen LogP contribution in [0, 0.1) is 0 Å². The van der Waals surface area contributed by atoms with Crippen molar-refractivity contribution in [2.45, 2.75) is 5.25 Å². The van der Waals surface area contributed by atoms with Crippen molar-refractivity contribution in [3.63, 3.8) is 0 Å². The zero-order valence-corrected chi connectivity index (χ0v) is 5.12. The number of carbonyl (C=O) groups is 1. The van der Waals surface area contributed by atoms with Crippen molar-refractivity contribution >= 4 is 59.8 Å². The average Bonchev–Trinajstić information content (AvgIpc) is 1.65. The van der Waals surface area contributed by atoms with E-state index in [0.717, 1.165) is 0 Å². The fourth-order valence-electron chi connectivity index (χ4n) is 0.0660. The van der Waals surface area contributed by atoms with Crippen LogP contribution in [-0.4, -0.2) is 51.8 Å². The molecule has 0 bridgehead atoms. The molecule has 0 spiro atoms. The Balaban J connectivity index is 0. The molecule has 0 aliphatic carbocycles. The molecule has 0 heterocycles. The minimum absolute atomic E-state index is 0. The van der Waals surface area contributed by atoms with E-state index in [-0.39, 0.29) is 35.4 Å². The Morgan fingerprint density at radius 3 is 2.25 bits per heavy atom. The Kier molecular flexibility index (Phi) is 9.24. The molecule has 0 radical (unpaired) electrons. The van der Waals surface area contributed by atoms with E-state index in [2.05, 4.69) is 12.6 Å². The van der Waals surface area contributed by atoms with Gasteiger partial charge in [0, 0.05) is 5.88 Å². The molecule has 44 valence electrons. The van der Waals surface area contributed by atoms with E-state index >= 15 is 0 Å². The fraction of sp³-hybridized carbons (Fsp3) is 0.667. The molecule has 1 N–H and O–H groups in total. The van der Waals surface area contributed by atoms with Crippen molar-refractivity contribution in [2.75, 3.05) is 5.88 Å². The molecule has 1 atom stereocenters. The minimum atomic E-state index is -0.974. The third-order valence-corrected chi connectivity index (χ3v) is 1.36. The van der Waals surface area contributed by atoms with E-state index < -0.39 is 11.2 Å². The third kappa shape index (κ3) is 5.25. The zero-order valence-electron chi connectivity index (χ0n) is 3.47. The van der Waals surface area contributed by atoms with Gasteiger partial charge in [0.15, 0.2) is 0 Å². The molecule has 0 aliphatic rings. The second-order valence-electron chi connectivity index (χ2n) is 1.01. The Morgan fingerprint density at radius 1 is 1.88 bits per heavy atom. The molecule has 0 amide bonds. The molecule has 5 heteroatoms. The first-order valence-electron chi connectivity index (χ1n) is 1.65. The molecule has 0 aromatic rings. The topological polar surface area (TPSA) is 37.3 Å². The van der Waals surface area contributed by atoms with Crippen molar-refractivity contribution in [2.24, 2.45) is 0 Å². The Labute approximate surface area is 80.3 Å². The van der Waals surface area contributed by atoms with E-state index in [1.165, 1.54) is 0 Å². The van der Waals surface area contributed by atoms with E-state index in [0.29, 0.717) is 0 Å². The molecular weight excluding hydrogens is 159 g/mol. The van der Waals surface area contributed by atoms with Crippen LogP contribution in [0.3, 0.4) is 0 Å². The van der Waals surface area contributed by atoms with Crippen molar-refractivity contribution in [1.82, 2.24) is 0 Å². The SMILES string of the molecule is O=C(O)C(S)CCl.[NaH]. The first-order valence-corrected chi connectivity index (χ1v) is 2.70. The number of rotatable bonds is 2. The van der Waals surface area contributed by atoms with Gasteiger partial charge in [-0.05, 0) is 0 Å². The fourth-order valence-corrected chi connectivity index (χ4v) is 0.198. The first-order chi connectivity index (χ1) is 3.18. The number of halogens is 1. The maximum atomic E-state index is 9.77. The second kappa shape index (κ2) is 6.23. The summed E-state index contributed by atoms with van der Waals surface area (Å²) in [5, 5.41) is 7.30. The predicted octanol–water partition coefficient (Wildman–Crippen LogP) is -0.0403. The first kappa shape index (κ1) is 11.9. The van der Waals surface area contributed by atoms with Crippen molar-refractivity contribution in [3.8, 4) is 0 Å². The summed E-state index contributed by atoms with van der Waals surface area (Å²) in [6, 6.07) is 0. The van der Waals surface area contributed by atoms with Crippen LogP contribution < -0.4 is 0 Å². The number of hydrogen-bond donors (Lipinski definition) is 2. The summed E-state index contributed by atoms with van der Waals surface area (Å²) < 4.78 is 0. The van der Waals surface area contributed by atoms with Gasteiger partial charge in [-0.3, -0.25) is 4.79 Å². The Morgan fingerprint density at radius 2 is 2.25 bits per heavy atom. The molecule has 8 heavy (non-hydrogen) atoms. The summed E-state index contributed by atoms with van der Waals surface area (Å²) in [4.78, 5) is 9.77. The van der Waals surface area contributed by atoms with E-state index in [4.69, 9.17) is 16.7 Å². The number of hydrogen-bond acceptors (Lipinski definition) is 2. The second-order valence-corrected chi connectivity index (χ2v) is 1.94. The van der Waals surface area contributed by atoms with Crippen molar-refractivity contribution < 1.29 is 9.90 Å². The van der Waals surface area contributed by atoms with E-state index in [1.54, 1.807) is 0 Å². The summed E-state index contributed by atoms with van der Waals surface area (Å²) in [6.07, 6.45) is 0. The van der Waals surface area contributed by atoms with Crippen LogP contribution in [0.1, 0.15) is 0 Å². The van der Waals surface area contributed by atoms with Crippen LogP contribution in [0.2, 0.25) is 0 Å². The Bertz CT molecular complexity index is 79.7. The normalized spacial score (nSPS) is 11.8. The molecule has 1 unspecified atom stereocenters. The van der Waals surface area contributed by atoms with Crippen LogP contribution >= 0.6 is 24.2 Å². The number of carboxylic acids is 1. The van der Waals surface area contributed by atoms with Crippen molar-refractivity contribution in [1.29, 1.82) is 0 Å². The molecule has 0 fully saturated rings. The van der Waals surface area contributed by atoms with Gasteiger partial charge in [-0.25, -0.2) is 0 Å².